The smallest absolute Gasteiger partial charge is 0.167 e. The predicted molar refractivity (Wildman–Crippen MR) is 129 cm³/mol. The van der Waals surface area contributed by atoms with Crippen LogP contribution in [-0.4, -0.2) is 30.0 Å². The number of hydrogen-bond donors (Lipinski definition) is 0. The average molecular weight is 475 g/mol. The maximum absolute atomic E-state index is 12.5. The first-order valence-corrected chi connectivity index (χ1v) is 14.2. The minimum absolute atomic E-state index is 0.219. The molecule has 0 saturated heterocycles. The highest BCUT2D eigenvalue weighted by Gasteiger charge is 2.32. The van der Waals surface area contributed by atoms with E-state index in [1.165, 1.54) is 84.0 Å². The molecule has 0 spiro atoms. The molecule has 0 aliphatic heterocycles. The standard InChI is InChI=1S/C24H44BrO2P/c1-21-22(15-13-16-24(2,3)23(21)26)27-18-11-9-7-5-4-6-8-10-12-19-28-20-14-17-25/h28H,4-20H2,1-3H3. The summed E-state index contributed by atoms with van der Waals surface area (Å²) < 4.78 is 6.00. The first-order chi connectivity index (χ1) is 13.5. The summed E-state index contributed by atoms with van der Waals surface area (Å²) in [4.78, 5) is 12.5. The molecule has 1 aliphatic carbocycles. The lowest BCUT2D eigenvalue weighted by Crippen LogP contribution is -2.24. The van der Waals surface area contributed by atoms with E-state index in [1.807, 2.05) is 6.92 Å². The Morgan fingerprint density at radius 1 is 0.929 bits per heavy atom. The van der Waals surface area contributed by atoms with Gasteiger partial charge in [0.1, 0.15) is 5.76 Å². The second-order valence-corrected chi connectivity index (χ2v) is 11.2. The van der Waals surface area contributed by atoms with E-state index in [9.17, 15) is 4.79 Å². The zero-order valence-electron chi connectivity index (χ0n) is 18.7. The quantitative estimate of drug-likeness (QED) is 0.128. The van der Waals surface area contributed by atoms with Gasteiger partial charge in [-0.25, -0.2) is 0 Å². The zero-order valence-corrected chi connectivity index (χ0v) is 21.3. The molecule has 2 nitrogen and oxygen atoms in total. The third-order valence-electron chi connectivity index (χ3n) is 5.84. The minimum Gasteiger partial charge on any atom is -0.498 e. The molecule has 0 heterocycles. The summed E-state index contributed by atoms with van der Waals surface area (Å²) in [6, 6.07) is 0. The minimum atomic E-state index is -0.219. The number of rotatable bonds is 16. The molecule has 0 radical (unpaired) electrons. The van der Waals surface area contributed by atoms with E-state index in [-0.39, 0.29) is 11.2 Å². The van der Waals surface area contributed by atoms with Gasteiger partial charge in [0, 0.05) is 22.7 Å². The summed E-state index contributed by atoms with van der Waals surface area (Å²) in [5, 5.41) is 1.17. The average Bonchev–Trinajstić information content (AvgIpc) is 2.76. The Balaban J connectivity index is 1.95. The fraction of sp³-hybridized carbons (Fsp3) is 0.875. The number of ether oxygens (including phenoxy) is 1. The van der Waals surface area contributed by atoms with Gasteiger partial charge in [0.05, 0.1) is 6.61 Å². The van der Waals surface area contributed by atoms with Gasteiger partial charge in [-0.1, -0.05) is 74.7 Å². The number of ketones is 1. The molecule has 28 heavy (non-hydrogen) atoms. The van der Waals surface area contributed by atoms with Crippen LogP contribution >= 0.6 is 24.5 Å². The van der Waals surface area contributed by atoms with Crippen LogP contribution in [0.4, 0.5) is 0 Å². The molecular weight excluding hydrogens is 431 g/mol. The Labute approximate surface area is 184 Å². The molecule has 1 aliphatic rings. The van der Waals surface area contributed by atoms with Crippen molar-refractivity contribution in [3.05, 3.63) is 11.3 Å². The topological polar surface area (TPSA) is 26.3 Å². The molecule has 0 bridgehead atoms. The van der Waals surface area contributed by atoms with Crippen LogP contribution < -0.4 is 0 Å². The fourth-order valence-electron chi connectivity index (χ4n) is 3.91. The molecule has 0 aromatic carbocycles. The van der Waals surface area contributed by atoms with Gasteiger partial charge in [0.15, 0.2) is 5.78 Å². The number of halogens is 1. The molecular formula is C24H44BrO2P. The highest BCUT2D eigenvalue weighted by molar-refractivity contribution is 9.09. The molecule has 0 fully saturated rings. The molecule has 0 amide bonds. The number of carbonyl (C=O) groups is 1. The maximum atomic E-state index is 12.5. The molecule has 0 saturated carbocycles. The predicted octanol–water partition coefficient (Wildman–Crippen LogP) is 8.03. The van der Waals surface area contributed by atoms with E-state index in [0.717, 1.165) is 43.6 Å². The van der Waals surface area contributed by atoms with Gasteiger partial charge in [0.25, 0.3) is 0 Å². The third kappa shape index (κ3) is 11.3. The summed E-state index contributed by atoms with van der Waals surface area (Å²) in [6.07, 6.45) is 19.3. The second kappa shape index (κ2) is 15.9. The maximum Gasteiger partial charge on any atom is 0.167 e. The third-order valence-corrected chi connectivity index (χ3v) is 7.82. The van der Waals surface area contributed by atoms with Crippen LogP contribution in [0.5, 0.6) is 0 Å². The Morgan fingerprint density at radius 2 is 1.50 bits per heavy atom. The van der Waals surface area contributed by atoms with Gasteiger partial charge in [-0.15, -0.1) is 8.58 Å². The molecule has 0 N–H and O–H groups in total. The van der Waals surface area contributed by atoms with Gasteiger partial charge >= 0.3 is 0 Å². The van der Waals surface area contributed by atoms with E-state index < -0.39 is 0 Å². The highest BCUT2D eigenvalue weighted by atomic mass is 79.9. The van der Waals surface area contributed by atoms with Crippen LogP contribution in [-0.2, 0) is 9.53 Å². The van der Waals surface area contributed by atoms with Crippen LogP contribution in [0.25, 0.3) is 0 Å². The fourth-order valence-corrected chi connectivity index (χ4v) is 5.88. The lowest BCUT2D eigenvalue weighted by molar-refractivity contribution is -0.123. The van der Waals surface area contributed by atoms with E-state index in [1.54, 1.807) is 0 Å². The van der Waals surface area contributed by atoms with Crippen molar-refractivity contribution in [3.8, 4) is 0 Å². The van der Waals surface area contributed by atoms with Crippen molar-refractivity contribution in [1.82, 2.24) is 0 Å². The van der Waals surface area contributed by atoms with Crippen molar-refractivity contribution in [2.45, 2.75) is 104 Å². The Hall–Kier alpha value is 0.120. The van der Waals surface area contributed by atoms with E-state index in [4.69, 9.17) is 4.74 Å². The van der Waals surface area contributed by atoms with Crippen molar-refractivity contribution in [2.75, 3.05) is 24.3 Å². The van der Waals surface area contributed by atoms with E-state index in [2.05, 4.69) is 29.8 Å². The Kier molecular flexibility index (Phi) is 14.8. The SMILES string of the molecule is CC1=C(OCCCCCCCCCCCPCCCBr)CCCC(C)(C)C1=O. The highest BCUT2D eigenvalue weighted by Crippen LogP contribution is 2.34. The number of alkyl halides is 1. The molecule has 1 rings (SSSR count). The summed E-state index contributed by atoms with van der Waals surface area (Å²) in [7, 11) is 1.18. The summed E-state index contributed by atoms with van der Waals surface area (Å²) >= 11 is 3.50. The monoisotopic (exact) mass is 474 g/mol. The lowest BCUT2D eigenvalue weighted by atomic mass is 9.82. The van der Waals surface area contributed by atoms with Gasteiger partial charge in [0.2, 0.25) is 0 Å². The van der Waals surface area contributed by atoms with Crippen molar-refractivity contribution in [3.63, 3.8) is 0 Å². The molecule has 4 heteroatoms. The van der Waals surface area contributed by atoms with Crippen LogP contribution in [0.2, 0.25) is 0 Å². The number of unbranched alkanes of at least 4 members (excludes halogenated alkanes) is 8. The van der Waals surface area contributed by atoms with Crippen LogP contribution in [0.3, 0.4) is 0 Å². The number of Topliss-reactive ketones (excluding diaryl/α,β-unsaturated/α-hetero) is 1. The summed E-state index contributed by atoms with van der Waals surface area (Å²) in [5.74, 6) is 1.24. The van der Waals surface area contributed by atoms with Gasteiger partial charge in [-0.3, -0.25) is 4.79 Å². The molecule has 1 atom stereocenters. The number of carbonyl (C=O) groups excluding carboxylic acids is 1. The summed E-state index contributed by atoms with van der Waals surface area (Å²) in [5.41, 5.74) is 0.647. The molecule has 0 aromatic heterocycles. The van der Waals surface area contributed by atoms with Crippen molar-refractivity contribution >= 4 is 30.3 Å². The first-order valence-electron chi connectivity index (χ1n) is 11.6. The first kappa shape index (κ1) is 26.2. The normalized spacial score (nSPS) is 17.5. The van der Waals surface area contributed by atoms with Crippen molar-refractivity contribution < 1.29 is 9.53 Å². The van der Waals surface area contributed by atoms with Gasteiger partial charge in [-0.2, -0.15) is 0 Å². The van der Waals surface area contributed by atoms with Crippen LogP contribution in [0.1, 0.15) is 104 Å². The molecule has 164 valence electrons. The molecule has 1 unspecified atom stereocenters. The van der Waals surface area contributed by atoms with E-state index in [0.29, 0.717) is 0 Å². The Morgan fingerprint density at radius 3 is 2.14 bits per heavy atom. The van der Waals surface area contributed by atoms with Crippen LogP contribution in [0, 0.1) is 5.41 Å². The largest absolute Gasteiger partial charge is 0.498 e. The second-order valence-electron chi connectivity index (χ2n) is 8.94. The van der Waals surface area contributed by atoms with Gasteiger partial charge in [-0.05, 0) is 51.4 Å². The van der Waals surface area contributed by atoms with E-state index >= 15 is 0 Å². The van der Waals surface area contributed by atoms with Crippen molar-refractivity contribution in [2.24, 2.45) is 5.41 Å². The molecule has 0 aromatic rings. The van der Waals surface area contributed by atoms with Crippen molar-refractivity contribution in [1.29, 1.82) is 0 Å². The lowest BCUT2D eigenvalue weighted by Gasteiger charge is -2.20. The van der Waals surface area contributed by atoms with Crippen LogP contribution in [0.15, 0.2) is 11.3 Å². The Bertz CT molecular complexity index is 460. The number of allylic oxidation sites excluding steroid dienone is 2. The summed E-state index contributed by atoms with van der Waals surface area (Å²) in [6.45, 7) is 6.85. The zero-order chi connectivity index (χ0) is 20.7. The van der Waals surface area contributed by atoms with Gasteiger partial charge < -0.3 is 4.74 Å². The number of hydrogen-bond acceptors (Lipinski definition) is 2.